The second kappa shape index (κ2) is 8.02. The zero-order valence-corrected chi connectivity index (χ0v) is 11.8. The van der Waals surface area contributed by atoms with Crippen LogP contribution >= 0.6 is 0 Å². The zero-order valence-electron chi connectivity index (χ0n) is 11.8. The van der Waals surface area contributed by atoms with Crippen molar-refractivity contribution in [3.05, 3.63) is 35.4 Å². The number of carbonyl (C=O) groups is 1. The molecule has 0 radical (unpaired) electrons. The third-order valence-corrected chi connectivity index (χ3v) is 3.74. The number of piperidine rings is 1. The molecule has 1 heterocycles. The topological polar surface area (TPSA) is 58.6 Å². The average molecular weight is 277 g/mol. The Labute approximate surface area is 120 Å². The molecule has 1 aromatic rings. The van der Waals surface area contributed by atoms with Crippen molar-refractivity contribution in [2.75, 3.05) is 13.2 Å². The van der Waals surface area contributed by atoms with E-state index < -0.39 is 5.97 Å². The lowest BCUT2D eigenvalue weighted by Gasteiger charge is -2.23. The lowest BCUT2D eigenvalue weighted by molar-refractivity contribution is -0.136. The standard InChI is InChI=1S/C16H23NO3/c18-16(19)11-13-5-1-2-6-14(13)12-20-10-8-15-7-3-4-9-17-15/h1-2,5-6,15,17H,3-4,7-12H2,(H,18,19). The molecule has 1 aliphatic rings. The summed E-state index contributed by atoms with van der Waals surface area (Å²) in [7, 11) is 0. The normalized spacial score (nSPS) is 18.9. The summed E-state index contributed by atoms with van der Waals surface area (Å²) in [6.45, 7) is 2.33. The number of rotatable bonds is 7. The first-order valence-electron chi connectivity index (χ1n) is 7.35. The van der Waals surface area contributed by atoms with Gasteiger partial charge in [-0.2, -0.15) is 0 Å². The molecule has 1 fully saturated rings. The van der Waals surface area contributed by atoms with E-state index in [-0.39, 0.29) is 6.42 Å². The Bertz CT molecular complexity index is 427. The van der Waals surface area contributed by atoms with Crippen molar-refractivity contribution in [2.24, 2.45) is 0 Å². The van der Waals surface area contributed by atoms with E-state index in [2.05, 4.69) is 5.32 Å². The van der Waals surface area contributed by atoms with Crippen molar-refractivity contribution >= 4 is 5.97 Å². The molecule has 2 rings (SSSR count). The summed E-state index contributed by atoms with van der Waals surface area (Å²) >= 11 is 0. The maximum absolute atomic E-state index is 10.8. The second-order valence-corrected chi connectivity index (χ2v) is 5.33. The van der Waals surface area contributed by atoms with Gasteiger partial charge in [-0.05, 0) is 36.9 Å². The van der Waals surface area contributed by atoms with Crippen molar-refractivity contribution in [3.8, 4) is 0 Å². The van der Waals surface area contributed by atoms with Crippen LogP contribution in [0.4, 0.5) is 0 Å². The van der Waals surface area contributed by atoms with E-state index in [4.69, 9.17) is 9.84 Å². The van der Waals surface area contributed by atoms with Gasteiger partial charge in [-0.1, -0.05) is 30.7 Å². The Hall–Kier alpha value is -1.39. The van der Waals surface area contributed by atoms with Crippen LogP contribution in [0.2, 0.25) is 0 Å². The van der Waals surface area contributed by atoms with Gasteiger partial charge in [-0.15, -0.1) is 0 Å². The molecule has 0 amide bonds. The first-order chi connectivity index (χ1) is 9.75. The van der Waals surface area contributed by atoms with Crippen molar-refractivity contribution in [1.82, 2.24) is 5.32 Å². The quantitative estimate of drug-likeness (QED) is 0.751. The molecule has 110 valence electrons. The number of carboxylic acids is 1. The van der Waals surface area contributed by atoms with Crippen LogP contribution in [-0.4, -0.2) is 30.3 Å². The predicted octanol–water partition coefficient (Wildman–Crippen LogP) is 2.36. The van der Waals surface area contributed by atoms with Crippen LogP contribution in [0.1, 0.15) is 36.8 Å². The van der Waals surface area contributed by atoms with Crippen molar-refractivity contribution < 1.29 is 14.6 Å². The number of hydrogen-bond donors (Lipinski definition) is 2. The van der Waals surface area contributed by atoms with Gasteiger partial charge in [0.15, 0.2) is 0 Å². The molecule has 1 atom stereocenters. The Balaban J connectivity index is 1.74. The summed E-state index contributed by atoms with van der Waals surface area (Å²) in [6.07, 6.45) is 4.91. The molecular formula is C16H23NO3. The van der Waals surface area contributed by atoms with Crippen LogP contribution in [0.3, 0.4) is 0 Å². The second-order valence-electron chi connectivity index (χ2n) is 5.33. The summed E-state index contributed by atoms with van der Waals surface area (Å²) in [5.74, 6) is -0.802. The van der Waals surface area contributed by atoms with Crippen LogP contribution in [0.15, 0.2) is 24.3 Å². The summed E-state index contributed by atoms with van der Waals surface area (Å²) in [4.78, 5) is 10.8. The third kappa shape index (κ3) is 4.94. The van der Waals surface area contributed by atoms with Crippen LogP contribution in [0.25, 0.3) is 0 Å². The van der Waals surface area contributed by atoms with E-state index in [0.717, 1.165) is 30.7 Å². The van der Waals surface area contributed by atoms with Crippen molar-refractivity contribution in [2.45, 2.75) is 44.8 Å². The van der Waals surface area contributed by atoms with Gasteiger partial charge >= 0.3 is 5.97 Å². The fraction of sp³-hybridized carbons (Fsp3) is 0.562. The van der Waals surface area contributed by atoms with E-state index in [1.165, 1.54) is 19.3 Å². The molecule has 0 bridgehead atoms. The number of carboxylic acid groups (broad SMARTS) is 1. The van der Waals surface area contributed by atoms with Gasteiger partial charge in [0.1, 0.15) is 0 Å². The molecule has 20 heavy (non-hydrogen) atoms. The molecule has 2 N–H and O–H groups in total. The van der Waals surface area contributed by atoms with E-state index in [0.29, 0.717) is 12.6 Å². The van der Waals surface area contributed by atoms with E-state index in [1.807, 2.05) is 24.3 Å². The molecule has 0 spiro atoms. The molecule has 0 saturated carbocycles. The predicted molar refractivity (Wildman–Crippen MR) is 77.7 cm³/mol. The largest absolute Gasteiger partial charge is 0.481 e. The first-order valence-corrected chi connectivity index (χ1v) is 7.35. The molecule has 1 saturated heterocycles. The Morgan fingerprint density at radius 3 is 2.80 bits per heavy atom. The smallest absolute Gasteiger partial charge is 0.307 e. The van der Waals surface area contributed by atoms with Gasteiger partial charge in [-0.3, -0.25) is 4.79 Å². The molecular weight excluding hydrogens is 254 g/mol. The highest BCUT2D eigenvalue weighted by atomic mass is 16.5. The SMILES string of the molecule is O=C(O)Cc1ccccc1COCCC1CCCCN1. The summed E-state index contributed by atoms with van der Waals surface area (Å²) in [5.41, 5.74) is 1.82. The fourth-order valence-corrected chi connectivity index (χ4v) is 2.61. The van der Waals surface area contributed by atoms with Crippen LogP contribution in [0.5, 0.6) is 0 Å². The molecule has 4 heteroatoms. The lowest BCUT2D eigenvalue weighted by Crippen LogP contribution is -2.34. The molecule has 1 aliphatic heterocycles. The summed E-state index contributed by atoms with van der Waals surface area (Å²) < 4.78 is 5.71. The minimum Gasteiger partial charge on any atom is -0.481 e. The van der Waals surface area contributed by atoms with Gasteiger partial charge in [0, 0.05) is 12.6 Å². The highest BCUT2D eigenvalue weighted by molar-refractivity contribution is 5.70. The number of benzene rings is 1. The van der Waals surface area contributed by atoms with Crippen LogP contribution in [-0.2, 0) is 22.6 Å². The molecule has 0 aliphatic carbocycles. The highest BCUT2D eigenvalue weighted by Crippen LogP contribution is 2.13. The minimum atomic E-state index is -0.802. The maximum Gasteiger partial charge on any atom is 0.307 e. The number of aliphatic carboxylic acids is 1. The fourth-order valence-electron chi connectivity index (χ4n) is 2.61. The van der Waals surface area contributed by atoms with E-state index in [1.54, 1.807) is 0 Å². The number of ether oxygens (including phenoxy) is 1. The molecule has 1 unspecified atom stereocenters. The average Bonchev–Trinajstić information content (AvgIpc) is 2.46. The van der Waals surface area contributed by atoms with Gasteiger partial charge in [0.05, 0.1) is 13.0 Å². The molecule has 4 nitrogen and oxygen atoms in total. The maximum atomic E-state index is 10.8. The van der Waals surface area contributed by atoms with Crippen LogP contribution < -0.4 is 5.32 Å². The van der Waals surface area contributed by atoms with Gasteiger partial charge < -0.3 is 15.2 Å². The van der Waals surface area contributed by atoms with Crippen molar-refractivity contribution in [1.29, 1.82) is 0 Å². The Morgan fingerprint density at radius 1 is 1.30 bits per heavy atom. The summed E-state index contributed by atoms with van der Waals surface area (Å²) in [5, 5.41) is 12.4. The van der Waals surface area contributed by atoms with Crippen LogP contribution in [0, 0.1) is 0 Å². The number of nitrogens with one attached hydrogen (secondary N) is 1. The zero-order chi connectivity index (χ0) is 14.2. The summed E-state index contributed by atoms with van der Waals surface area (Å²) in [6, 6.07) is 8.17. The lowest BCUT2D eigenvalue weighted by atomic mass is 10.0. The third-order valence-electron chi connectivity index (χ3n) is 3.74. The van der Waals surface area contributed by atoms with E-state index >= 15 is 0 Å². The van der Waals surface area contributed by atoms with E-state index in [9.17, 15) is 4.79 Å². The number of hydrogen-bond acceptors (Lipinski definition) is 3. The van der Waals surface area contributed by atoms with Gasteiger partial charge in [0.25, 0.3) is 0 Å². The monoisotopic (exact) mass is 277 g/mol. The Morgan fingerprint density at radius 2 is 2.10 bits per heavy atom. The highest BCUT2D eigenvalue weighted by Gasteiger charge is 2.12. The Kier molecular flexibility index (Phi) is 6.02. The van der Waals surface area contributed by atoms with Gasteiger partial charge in [-0.25, -0.2) is 0 Å². The van der Waals surface area contributed by atoms with Gasteiger partial charge in [0.2, 0.25) is 0 Å². The molecule has 0 aromatic heterocycles. The molecule has 1 aromatic carbocycles. The first kappa shape index (κ1) is 15.0. The minimum absolute atomic E-state index is 0.0592. The van der Waals surface area contributed by atoms with Crippen molar-refractivity contribution in [3.63, 3.8) is 0 Å².